The first-order valence-corrected chi connectivity index (χ1v) is 7.72. The first-order chi connectivity index (χ1) is 11.8. The first kappa shape index (κ1) is 17.4. The van der Waals surface area contributed by atoms with Crippen molar-refractivity contribution in [3.05, 3.63) is 29.1 Å². The number of H-pyrrole nitrogens is 1. The van der Waals surface area contributed by atoms with E-state index in [0.29, 0.717) is 31.2 Å². The van der Waals surface area contributed by atoms with Gasteiger partial charge in [0, 0.05) is 32.1 Å². The van der Waals surface area contributed by atoms with Gasteiger partial charge in [0.25, 0.3) is 5.91 Å². The lowest BCUT2D eigenvalue weighted by Gasteiger charge is -2.31. The van der Waals surface area contributed by atoms with Crippen molar-refractivity contribution in [3.8, 4) is 0 Å². The molecule has 0 bridgehead atoms. The van der Waals surface area contributed by atoms with Crippen LogP contribution in [0.3, 0.4) is 0 Å². The van der Waals surface area contributed by atoms with E-state index in [1.807, 2.05) is 5.10 Å². The van der Waals surface area contributed by atoms with Gasteiger partial charge in [-0.15, -0.1) is 10.2 Å². The van der Waals surface area contributed by atoms with E-state index in [0.717, 1.165) is 12.5 Å². The number of likely N-dealkylation sites (tertiary alicyclic amines) is 1. The Bertz CT molecular complexity index is 769. The van der Waals surface area contributed by atoms with Gasteiger partial charge >= 0.3 is 6.18 Å². The van der Waals surface area contributed by atoms with E-state index in [1.54, 1.807) is 11.6 Å². The molecule has 2 aromatic rings. The highest BCUT2D eigenvalue weighted by molar-refractivity contribution is 5.92. The molecule has 1 aliphatic rings. The highest BCUT2D eigenvalue weighted by Gasteiger charge is 2.35. The molecular formula is C14H17F3N6O2. The number of aromatic amines is 1. The molecule has 8 nitrogen and oxygen atoms in total. The fourth-order valence-corrected chi connectivity index (χ4v) is 2.98. The third-order valence-electron chi connectivity index (χ3n) is 4.32. The Morgan fingerprint density at radius 1 is 1.44 bits per heavy atom. The summed E-state index contributed by atoms with van der Waals surface area (Å²) in [6, 6.07) is 0.720. The fourth-order valence-electron chi connectivity index (χ4n) is 2.98. The smallest absolute Gasteiger partial charge is 0.388 e. The number of aliphatic hydroxyl groups excluding tert-OH is 1. The van der Waals surface area contributed by atoms with Gasteiger partial charge in [-0.1, -0.05) is 0 Å². The molecule has 0 spiro atoms. The number of halogens is 3. The quantitative estimate of drug-likeness (QED) is 0.855. The Kier molecular flexibility index (Phi) is 4.50. The van der Waals surface area contributed by atoms with Crippen molar-refractivity contribution < 1.29 is 23.1 Å². The molecule has 1 aliphatic heterocycles. The number of rotatable bonds is 3. The van der Waals surface area contributed by atoms with Gasteiger partial charge in [-0.3, -0.25) is 9.89 Å². The molecule has 1 saturated heterocycles. The number of carbonyl (C=O) groups is 1. The van der Waals surface area contributed by atoms with Crippen LogP contribution in [0.4, 0.5) is 13.2 Å². The summed E-state index contributed by atoms with van der Waals surface area (Å²) in [4.78, 5) is 13.9. The fraction of sp³-hybridized carbons (Fsp3) is 0.571. The maximum Gasteiger partial charge on any atom is 0.432 e. The molecule has 1 fully saturated rings. The Hall–Kier alpha value is -2.43. The highest BCUT2D eigenvalue weighted by atomic mass is 19.4. The van der Waals surface area contributed by atoms with Crippen LogP contribution in [0.2, 0.25) is 0 Å². The molecule has 1 unspecified atom stereocenters. The van der Waals surface area contributed by atoms with Crippen LogP contribution in [0, 0.1) is 0 Å². The predicted octanol–water partition coefficient (Wildman–Crippen LogP) is 1.07. The normalized spacial score (nSPS) is 18.6. The summed E-state index contributed by atoms with van der Waals surface area (Å²) in [5, 5.41) is 22.5. The lowest BCUT2D eigenvalue weighted by atomic mass is 9.97. The summed E-state index contributed by atoms with van der Waals surface area (Å²) in [6.07, 6.45) is -3.11. The zero-order chi connectivity index (χ0) is 18.2. The van der Waals surface area contributed by atoms with Gasteiger partial charge in [0.1, 0.15) is 18.1 Å². The van der Waals surface area contributed by atoms with Gasteiger partial charge in [0.15, 0.2) is 11.5 Å². The minimum atomic E-state index is -4.57. The third-order valence-corrected chi connectivity index (χ3v) is 4.32. The van der Waals surface area contributed by atoms with Crippen molar-refractivity contribution in [1.82, 2.24) is 29.9 Å². The Morgan fingerprint density at radius 3 is 2.80 bits per heavy atom. The topological polar surface area (TPSA) is 99.9 Å². The maximum absolute atomic E-state index is 12.6. The van der Waals surface area contributed by atoms with Crippen LogP contribution < -0.4 is 0 Å². The van der Waals surface area contributed by atoms with Crippen LogP contribution in [-0.2, 0) is 19.8 Å². The molecule has 11 heteroatoms. The largest absolute Gasteiger partial charge is 0.432 e. The van der Waals surface area contributed by atoms with E-state index in [1.165, 1.54) is 4.90 Å². The van der Waals surface area contributed by atoms with Crippen molar-refractivity contribution in [2.24, 2.45) is 7.05 Å². The molecular weight excluding hydrogens is 341 g/mol. The molecule has 0 aromatic carbocycles. The molecule has 0 aliphatic carbocycles. The van der Waals surface area contributed by atoms with Crippen molar-refractivity contribution in [2.45, 2.75) is 31.5 Å². The molecule has 1 atom stereocenters. The van der Waals surface area contributed by atoms with E-state index < -0.39 is 17.8 Å². The second-order valence-electron chi connectivity index (χ2n) is 5.95. The molecule has 1 amide bonds. The van der Waals surface area contributed by atoms with Crippen molar-refractivity contribution in [3.63, 3.8) is 0 Å². The van der Waals surface area contributed by atoms with Gasteiger partial charge < -0.3 is 14.6 Å². The van der Waals surface area contributed by atoms with Crippen LogP contribution in [0.25, 0.3) is 0 Å². The van der Waals surface area contributed by atoms with E-state index in [-0.39, 0.29) is 18.2 Å². The van der Waals surface area contributed by atoms with E-state index in [2.05, 4.69) is 15.3 Å². The molecule has 25 heavy (non-hydrogen) atoms. The molecule has 3 rings (SSSR count). The minimum Gasteiger partial charge on any atom is -0.388 e. The van der Waals surface area contributed by atoms with E-state index in [9.17, 15) is 23.1 Å². The Balaban J connectivity index is 1.75. The minimum absolute atomic E-state index is 0.100. The Morgan fingerprint density at radius 2 is 2.20 bits per heavy atom. The standard InChI is InChI=1S/C14H17F3N6O2/c1-22-11(7-24)20-21-12(22)8-3-2-4-23(6-8)13(25)9-5-10(19-18-9)14(15,16)17/h5,8,24H,2-4,6-7H2,1H3,(H,18,19). The summed E-state index contributed by atoms with van der Waals surface area (Å²) in [5.74, 6) is 0.401. The maximum atomic E-state index is 12.6. The van der Waals surface area contributed by atoms with Gasteiger partial charge in [0.05, 0.1) is 0 Å². The molecule has 0 saturated carbocycles. The van der Waals surface area contributed by atoms with Crippen LogP contribution >= 0.6 is 0 Å². The van der Waals surface area contributed by atoms with Crippen LogP contribution in [-0.4, -0.2) is 54.0 Å². The average molecular weight is 358 g/mol. The number of nitrogens with one attached hydrogen (secondary N) is 1. The predicted molar refractivity (Wildman–Crippen MR) is 78.4 cm³/mol. The van der Waals surface area contributed by atoms with Crippen molar-refractivity contribution >= 4 is 5.91 Å². The summed E-state index contributed by atoms with van der Waals surface area (Å²) < 4.78 is 39.6. The van der Waals surface area contributed by atoms with Gasteiger partial charge in [-0.25, -0.2) is 0 Å². The highest BCUT2D eigenvalue weighted by Crippen LogP contribution is 2.29. The second kappa shape index (κ2) is 6.47. The summed E-state index contributed by atoms with van der Waals surface area (Å²) in [6.45, 7) is 0.505. The molecule has 2 N–H and O–H groups in total. The lowest BCUT2D eigenvalue weighted by Crippen LogP contribution is -2.40. The molecule has 0 radical (unpaired) electrons. The number of aromatic nitrogens is 5. The first-order valence-electron chi connectivity index (χ1n) is 7.72. The number of hydrogen-bond donors (Lipinski definition) is 2. The average Bonchev–Trinajstić information content (AvgIpc) is 3.20. The number of alkyl halides is 3. The van der Waals surface area contributed by atoms with Gasteiger partial charge in [0.2, 0.25) is 0 Å². The monoisotopic (exact) mass is 358 g/mol. The number of carbonyl (C=O) groups excluding carboxylic acids is 1. The van der Waals surface area contributed by atoms with Crippen LogP contribution in [0.1, 0.15) is 46.6 Å². The summed E-state index contributed by atoms with van der Waals surface area (Å²) >= 11 is 0. The third kappa shape index (κ3) is 3.36. The van der Waals surface area contributed by atoms with Crippen LogP contribution in [0.15, 0.2) is 6.07 Å². The Labute approximate surface area is 140 Å². The van der Waals surface area contributed by atoms with Crippen molar-refractivity contribution in [1.29, 1.82) is 0 Å². The van der Waals surface area contributed by atoms with Crippen molar-refractivity contribution in [2.75, 3.05) is 13.1 Å². The summed E-state index contributed by atoms with van der Waals surface area (Å²) in [5.41, 5.74) is -1.31. The number of hydrogen-bond acceptors (Lipinski definition) is 5. The van der Waals surface area contributed by atoms with Gasteiger partial charge in [-0.2, -0.15) is 18.3 Å². The number of nitrogens with zero attached hydrogens (tertiary/aromatic N) is 5. The van der Waals surface area contributed by atoms with Gasteiger partial charge in [-0.05, 0) is 12.8 Å². The molecule has 3 heterocycles. The molecule has 2 aromatic heterocycles. The van der Waals surface area contributed by atoms with Crippen LogP contribution in [0.5, 0.6) is 0 Å². The number of amides is 1. The van der Waals surface area contributed by atoms with E-state index in [4.69, 9.17) is 0 Å². The lowest BCUT2D eigenvalue weighted by molar-refractivity contribution is -0.141. The molecule has 136 valence electrons. The zero-order valence-corrected chi connectivity index (χ0v) is 13.4. The zero-order valence-electron chi connectivity index (χ0n) is 13.4. The second-order valence-corrected chi connectivity index (χ2v) is 5.95. The number of piperidine rings is 1. The van der Waals surface area contributed by atoms with E-state index >= 15 is 0 Å². The summed E-state index contributed by atoms with van der Waals surface area (Å²) in [7, 11) is 1.73. The SMILES string of the molecule is Cn1c(CO)nnc1C1CCCN(C(=O)c2cc(C(F)(F)F)[nH]n2)C1. The number of aliphatic hydroxyl groups is 1.